The smallest absolute Gasteiger partial charge is 0.267 e. The Balaban J connectivity index is 1.55. The van der Waals surface area contributed by atoms with Gasteiger partial charge in [0.1, 0.15) is 5.70 Å². The quantitative estimate of drug-likeness (QED) is 0.511. The van der Waals surface area contributed by atoms with Gasteiger partial charge in [0.2, 0.25) is 5.91 Å². The van der Waals surface area contributed by atoms with E-state index in [9.17, 15) is 9.59 Å². The van der Waals surface area contributed by atoms with Crippen LogP contribution >= 0.6 is 0 Å². The lowest BCUT2D eigenvalue weighted by Gasteiger charge is -2.22. The Kier molecular flexibility index (Phi) is 6.27. The summed E-state index contributed by atoms with van der Waals surface area (Å²) in [6.45, 7) is 2.75. The van der Waals surface area contributed by atoms with Crippen molar-refractivity contribution in [1.29, 1.82) is 0 Å². The van der Waals surface area contributed by atoms with Crippen LogP contribution in [0.1, 0.15) is 25.7 Å². The second-order valence-corrected chi connectivity index (χ2v) is 5.29. The van der Waals surface area contributed by atoms with Gasteiger partial charge < -0.3 is 21.3 Å². The zero-order valence-corrected chi connectivity index (χ0v) is 12.3. The Labute approximate surface area is 125 Å². The molecule has 116 valence electrons. The van der Waals surface area contributed by atoms with Gasteiger partial charge in [0.25, 0.3) is 5.91 Å². The standard InChI is InChI=1S/C15H24N4O2/c20-14(12-6-1-3-8-16-12)18-10-5-11-19-15(21)13-7-2-4-9-17-13/h1,3,6,13,16-17H,2,4-5,7-11H2,(H,18,20)(H,19,21). The Morgan fingerprint density at radius 1 is 1.24 bits per heavy atom. The average Bonchev–Trinajstić information content (AvgIpc) is 2.55. The molecule has 0 aromatic heterocycles. The van der Waals surface area contributed by atoms with Crippen LogP contribution in [0.25, 0.3) is 0 Å². The van der Waals surface area contributed by atoms with Gasteiger partial charge in [-0.2, -0.15) is 0 Å². The Hall–Kier alpha value is -1.82. The molecule has 6 heteroatoms. The lowest BCUT2D eigenvalue weighted by atomic mass is 10.0. The van der Waals surface area contributed by atoms with Gasteiger partial charge >= 0.3 is 0 Å². The predicted octanol–water partition coefficient (Wildman–Crippen LogP) is -0.206. The molecule has 0 bridgehead atoms. The number of piperidine rings is 1. The topological polar surface area (TPSA) is 82.3 Å². The fourth-order valence-electron chi connectivity index (χ4n) is 2.41. The summed E-state index contributed by atoms with van der Waals surface area (Å²) in [5.74, 6) is -0.0255. The number of hydrogen-bond donors (Lipinski definition) is 4. The van der Waals surface area contributed by atoms with E-state index in [-0.39, 0.29) is 17.9 Å². The van der Waals surface area contributed by atoms with Gasteiger partial charge in [0, 0.05) is 19.6 Å². The summed E-state index contributed by atoms with van der Waals surface area (Å²) in [6, 6.07) is -0.0447. The van der Waals surface area contributed by atoms with Crippen LogP contribution in [0.5, 0.6) is 0 Å². The molecule has 1 atom stereocenters. The van der Waals surface area contributed by atoms with Crippen LogP contribution in [-0.2, 0) is 9.59 Å². The Morgan fingerprint density at radius 2 is 2.10 bits per heavy atom. The molecule has 0 aliphatic carbocycles. The van der Waals surface area contributed by atoms with E-state index in [4.69, 9.17) is 0 Å². The van der Waals surface area contributed by atoms with Crippen molar-refractivity contribution in [2.24, 2.45) is 0 Å². The van der Waals surface area contributed by atoms with E-state index in [0.29, 0.717) is 25.3 Å². The minimum atomic E-state index is -0.0976. The molecular formula is C15H24N4O2. The monoisotopic (exact) mass is 292 g/mol. The van der Waals surface area contributed by atoms with Crippen LogP contribution in [0.2, 0.25) is 0 Å². The average molecular weight is 292 g/mol. The van der Waals surface area contributed by atoms with Crippen molar-refractivity contribution in [3.63, 3.8) is 0 Å². The van der Waals surface area contributed by atoms with Gasteiger partial charge in [-0.15, -0.1) is 0 Å². The molecule has 2 rings (SSSR count). The van der Waals surface area contributed by atoms with Gasteiger partial charge in [-0.3, -0.25) is 9.59 Å². The first-order valence-electron chi connectivity index (χ1n) is 7.67. The number of hydrogen-bond acceptors (Lipinski definition) is 4. The van der Waals surface area contributed by atoms with Gasteiger partial charge in [-0.05, 0) is 31.9 Å². The van der Waals surface area contributed by atoms with Crippen molar-refractivity contribution in [2.75, 3.05) is 26.2 Å². The number of allylic oxidation sites excluding steroid dienone is 2. The van der Waals surface area contributed by atoms with E-state index in [1.54, 1.807) is 6.08 Å². The maximum absolute atomic E-state index is 11.9. The highest BCUT2D eigenvalue weighted by Gasteiger charge is 2.19. The first-order valence-corrected chi connectivity index (χ1v) is 7.67. The molecule has 4 N–H and O–H groups in total. The van der Waals surface area contributed by atoms with Crippen LogP contribution in [-0.4, -0.2) is 44.0 Å². The lowest BCUT2D eigenvalue weighted by Crippen LogP contribution is -2.47. The maximum Gasteiger partial charge on any atom is 0.267 e. The van der Waals surface area contributed by atoms with Crippen molar-refractivity contribution in [3.8, 4) is 0 Å². The van der Waals surface area contributed by atoms with Crippen molar-refractivity contribution < 1.29 is 9.59 Å². The van der Waals surface area contributed by atoms with Crippen molar-refractivity contribution in [1.82, 2.24) is 21.3 Å². The molecule has 0 aromatic carbocycles. The van der Waals surface area contributed by atoms with E-state index in [1.165, 1.54) is 0 Å². The van der Waals surface area contributed by atoms with Crippen LogP contribution in [0.3, 0.4) is 0 Å². The van der Waals surface area contributed by atoms with Gasteiger partial charge in [-0.25, -0.2) is 0 Å². The summed E-state index contributed by atoms with van der Waals surface area (Å²) >= 11 is 0. The number of amides is 2. The van der Waals surface area contributed by atoms with Gasteiger partial charge in [-0.1, -0.05) is 18.6 Å². The Bertz CT molecular complexity index is 425. The normalized spacial score (nSPS) is 21.1. The predicted molar refractivity (Wildman–Crippen MR) is 81.5 cm³/mol. The summed E-state index contributed by atoms with van der Waals surface area (Å²) < 4.78 is 0. The second kappa shape index (κ2) is 8.46. The molecule has 2 amide bonds. The number of rotatable bonds is 6. The molecule has 0 aromatic rings. The van der Waals surface area contributed by atoms with Crippen LogP contribution < -0.4 is 21.3 Å². The van der Waals surface area contributed by atoms with Crippen molar-refractivity contribution >= 4 is 11.8 Å². The molecule has 2 aliphatic rings. The second-order valence-electron chi connectivity index (χ2n) is 5.29. The molecule has 0 spiro atoms. The summed E-state index contributed by atoms with van der Waals surface area (Å²) in [7, 11) is 0. The SMILES string of the molecule is O=C(NCCCNC(=O)C1CCCCN1)C1=CC=CCN1. The van der Waals surface area contributed by atoms with E-state index in [0.717, 1.165) is 32.2 Å². The van der Waals surface area contributed by atoms with Crippen LogP contribution in [0, 0.1) is 0 Å². The summed E-state index contributed by atoms with van der Waals surface area (Å²) in [6.07, 6.45) is 9.47. The highest BCUT2D eigenvalue weighted by Crippen LogP contribution is 2.06. The fraction of sp³-hybridized carbons (Fsp3) is 0.600. The highest BCUT2D eigenvalue weighted by molar-refractivity contribution is 5.93. The molecule has 21 heavy (non-hydrogen) atoms. The lowest BCUT2D eigenvalue weighted by molar-refractivity contribution is -0.123. The number of dihydropyridines is 1. The molecular weight excluding hydrogens is 268 g/mol. The molecule has 2 heterocycles. The highest BCUT2D eigenvalue weighted by atomic mass is 16.2. The molecule has 2 aliphatic heterocycles. The van der Waals surface area contributed by atoms with E-state index in [2.05, 4.69) is 21.3 Å². The minimum Gasteiger partial charge on any atom is -0.377 e. The van der Waals surface area contributed by atoms with E-state index in [1.807, 2.05) is 12.2 Å². The molecule has 1 saturated heterocycles. The number of carbonyl (C=O) groups is 2. The van der Waals surface area contributed by atoms with Gasteiger partial charge in [0.15, 0.2) is 0 Å². The maximum atomic E-state index is 11.9. The first-order chi connectivity index (χ1) is 10.3. The summed E-state index contributed by atoms with van der Waals surface area (Å²) in [4.78, 5) is 23.6. The van der Waals surface area contributed by atoms with Crippen molar-refractivity contribution in [3.05, 3.63) is 23.9 Å². The summed E-state index contributed by atoms with van der Waals surface area (Å²) in [5, 5.41) is 12.0. The third-order valence-corrected chi connectivity index (χ3v) is 3.62. The van der Waals surface area contributed by atoms with Crippen molar-refractivity contribution in [2.45, 2.75) is 31.7 Å². The molecule has 0 radical (unpaired) electrons. The largest absolute Gasteiger partial charge is 0.377 e. The first kappa shape index (κ1) is 15.6. The molecule has 0 saturated carbocycles. The summed E-state index contributed by atoms with van der Waals surface area (Å²) in [5.41, 5.74) is 0.591. The number of carbonyl (C=O) groups excluding carboxylic acids is 2. The van der Waals surface area contributed by atoms with Gasteiger partial charge in [0.05, 0.1) is 6.04 Å². The van der Waals surface area contributed by atoms with E-state index >= 15 is 0 Å². The fourth-order valence-corrected chi connectivity index (χ4v) is 2.41. The molecule has 6 nitrogen and oxygen atoms in total. The van der Waals surface area contributed by atoms with Crippen LogP contribution in [0.4, 0.5) is 0 Å². The van der Waals surface area contributed by atoms with E-state index < -0.39 is 0 Å². The molecule has 1 unspecified atom stereocenters. The zero-order chi connectivity index (χ0) is 14.9. The van der Waals surface area contributed by atoms with Crippen LogP contribution in [0.15, 0.2) is 23.9 Å². The molecule has 1 fully saturated rings. The third kappa shape index (κ3) is 5.23. The number of nitrogens with one attached hydrogen (secondary N) is 4. The third-order valence-electron chi connectivity index (χ3n) is 3.62. The minimum absolute atomic E-state index is 0.0447. The Morgan fingerprint density at radius 3 is 2.81 bits per heavy atom. The zero-order valence-electron chi connectivity index (χ0n) is 12.3.